The Bertz CT molecular complexity index is 362. The third kappa shape index (κ3) is 2.86. The van der Waals surface area contributed by atoms with Crippen molar-refractivity contribution in [1.82, 2.24) is 0 Å². The first kappa shape index (κ1) is 14.2. The summed E-state index contributed by atoms with van der Waals surface area (Å²) in [5.74, 6) is -0.118. The van der Waals surface area contributed by atoms with Gasteiger partial charge in [0, 0.05) is 6.54 Å². The van der Waals surface area contributed by atoms with Crippen LogP contribution in [0.3, 0.4) is 0 Å². The molecule has 0 aliphatic heterocycles. The lowest BCUT2D eigenvalue weighted by molar-refractivity contribution is 0.109. The maximum Gasteiger partial charge on any atom is 0.150 e. The number of nitrogens with two attached hydrogens (primary N) is 1. The molecule has 0 heterocycles. The van der Waals surface area contributed by atoms with Crippen LogP contribution < -0.4 is 5.73 Å². The molecular weight excluding hydrogens is 213 g/mol. The Labute approximate surface area is 104 Å². The van der Waals surface area contributed by atoms with Gasteiger partial charge in [0.05, 0.1) is 0 Å². The predicted octanol–water partition coefficient (Wildman–Crippen LogP) is 3.76. The monoisotopic (exact) mass is 237 g/mol. The fraction of sp³-hybridized carbons (Fsp3) is 0.600. The van der Waals surface area contributed by atoms with Gasteiger partial charge in [-0.2, -0.15) is 0 Å². The lowest BCUT2D eigenvalue weighted by Crippen LogP contribution is -2.35. The van der Waals surface area contributed by atoms with E-state index in [4.69, 9.17) is 5.73 Å². The summed E-state index contributed by atoms with van der Waals surface area (Å²) in [6.45, 7) is 10.2. The largest absolute Gasteiger partial charge is 0.327 e. The van der Waals surface area contributed by atoms with Crippen molar-refractivity contribution in [3.8, 4) is 0 Å². The second-order valence-electron chi connectivity index (χ2n) is 6.05. The SMILES string of the molecule is CC(C)C(F)(CN)c1ccc(C(C)(C)C)cc1. The lowest BCUT2D eigenvalue weighted by atomic mass is 9.82. The molecule has 1 unspecified atom stereocenters. The minimum absolute atomic E-state index is 0.0273. The van der Waals surface area contributed by atoms with Crippen molar-refractivity contribution < 1.29 is 4.39 Å². The van der Waals surface area contributed by atoms with Crippen LogP contribution in [0.1, 0.15) is 45.7 Å². The minimum Gasteiger partial charge on any atom is -0.327 e. The molecular formula is C15H24FN. The Balaban J connectivity index is 3.10. The molecule has 0 amide bonds. The summed E-state index contributed by atoms with van der Waals surface area (Å²) in [6, 6.07) is 7.74. The van der Waals surface area contributed by atoms with E-state index >= 15 is 0 Å². The van der Waals surface area contributed by atoms with Gasteiger partial charge in [-0.25, -0.2) is 4.39 Å². The van der Waals surface area contributed by atoms with E-state index in [0.29, 0.717) is 5.56 Å². The number of hydrogen-bond donors (Lipinski definition) is 1. The van der Waals surface area contributed by atoms with E-state index in [9.17, 15) is 4.39 Å². The highest BCUT2D eigenvalue weighted by Crippen LogP contribution is 2.34. The van der Waals surface area contributed by atoms with E-state index < -0.39 is 5.67 Å². The van der Waals surface area contributed by atoms with E-state index in [2.05, 4.69) is 20.8 Å². The van der Waals surface area contributed by atoms with Gasteiger partial charge < -0.3 is 5.73 Å². The van der Waals surface area contributed by atoms with Crippen LogP contribution in [-0.2, 0) is 11.1 Å². The van der Waals surface area contributed by atoms with Crippen LogP contribution in [0.15, 0.2) is 24.3 Å². The normalized spacial score (nSPS) is 16.0. The number of hydrogen-bond acceptors (Lipinski definition) is 1. The molecule has 0 radical (unpaired) electrons. The third-order valence-electron chi connectivity index (χ3n) is 3.44. The molecule has 2 heteroatoms. The lowest BCUT2D eigenvalue weighted by Gasteiger charge is -2.29. The van der Waals surface area contributed by atoms with Gasteiger partial charge >= 0.3 is 0 Å². The van der Waals surface area contributed by atoms with Gasteiger partial charge in [0.2, 0.25) is 0 Å². The molecule has 0 aliphatic carbocycles. The average Bonchev–Trinajstić information content (AvgIpc) is 2.26. The Kier molecular flexibility index (Phi) is 3.98. The summed E-state index contributed by atoms with van der Waals surface area (Å²) < 4.78 is 14.7. The van der Waals surface area contributed by atoms with Crippen LogP contribution in [0.4, 0.5) is 4.39 Å². The Morgan fingerprint density at radius 2 is 1.47 bits per heavy atom. The van der Waals surface area contributed by atoms with Crippen LogP contribution >= 0.6 is 0 Å². The Morgan fingerprint density at radius 1 is 1.06 bits per heavy atom. The first-order chi connectivity index (χ1) is 7.71. The topological polar surface area (TPSA) is 26.0 Å². The second-order valence-corrected chi connectivity index (χ2v) is 6.05. The van der Waals surface area contributed by atoms with E-state index in [1.54, 1.807) is 0 Å². The van der Waals surface area contributed by atoms with E-state index in [-0.39, 0.29) is 17.9 Å². The van der Waals surface area contributed by atoms with Crippen molar-refractivity contribution in [1.29, 1.82) is 0 Å². The van der Waals surface area contributed by atoms with E-state index in [1.807, 2.05) is 38.1 Å². The molecule has 0 saturated carbocycles. The van der Waals surface area contributed by atoms with Crippen LogP contribution in [0, 0.1) is 5.92 Å². The van der Waals surface area contributed by atoms with Crippen molar-refractivity contribution >= 4 is 0 Å². The second kappa shape index (κ2) is 4.77. The number of rotatable bonds is 3. The molecule has 17 heavy (non-hydrogen) atoms. The summed E-state index contributed by atoms with van der Waals surface area (Å²) in [4.78, 5) is 0. The zero-order valence-corrected chi connectivity index (χ0v) is 11.5. The van der Waals surface area contributed by atoms with Gasteiger partial charge in [0.1, 0.15) is 5.67 Å². The molecule has 1 nitrogen and oxygen atoms in total. The maximum absolute atomic E-state index is 14.7. The molecule has 1 aromatic rings. The molecule has 2 N–H and O–H groups in total. The quantitative estimate of drug-likeness (QED) is 0.851. The predicted molar refractivity (Wildman–Crippen MR) is 71.8 cm³/mol. The highest BCUT2D eigenvalue weighted by atomic mass is 19.1. The van der Waals surface area contributed by atoms with Crippen LogP contribution in [-0.4, -0.2) is 6.54 Å². The highest BCUT2D eigenvalue weighted by Gasteiger charge is 2.34. The summed E-state index contributed by atoms with van der Waals surface area (Å²) >= 11 is 0. The zero-order chi connectivity index (χ0) is 13.3. The standard InChI is InChI=1S/C15H24FN/c1-11(2)15(16,10-17)13-8-6-12(7-9-13)14(3,4)5/h6-9,11H,10,17H2,1-5H3. The summed E-state index contributed by atoms with van der Waals surface area (Å²) in [6.07, 6.45) is 0. The van der Waals surface area contributed by atoms with Crippen molar-refractivity contribution in [2.45, 2.75) is 45.7 Å². The highest BCUT2D eigenvalue weighted by molar-refractivity contribution is 5.31. The molecule has 96 valence electrons. The molecule has 1 rings (SSSR count). The number of alkyl halides is 1. The number of benzene rings is 1. The number of halogens is 1. The first-order valence-electron chi connectivity index (χ1n) is 6.22. The van der Waals surface area contributed by atoms with Crippen molar-refractivity contribution in [3.63, 3.8) is 0 Å². The average molecular weight is 237 g/mol. The van der Waals surface area contributed by atoms with E-state index in [1.165, 1.54) is 5.56 Å². The molecule has 0 spiro atoms. The van der Waals surface area contributed by atoms with Crippen LogP contribution in [0.5, 0.6) is 0 Å². The van der Waals surface area contributed by atoms with Gasteiger partial charge in [-0.3, -0.25) is 0 Å². The van der Waals surface area contributed by atoms with Crippen molar-refractivity contribution in [2.75, 3.05) is 6.54 Å². The summed E-state index contributed by atoms with van der Waals surface area (Å²) in [7, 11) is 0. The Hall–Kier alpha value is -0.890. The van der Waals surface area contributed by atoms with Gasteiger partial charge in [-0.05, 0) is 22.5 Å². The van der Waals surface area contributed by atoms with Gasteiger partial charge in [0.15, 0.2) is 0 Å². The molecule has 0 aromatic heterocycles. The fourth-order valence-electron chi connectivity index (χ4n) is 1.93. The molecule has 1 aromatic carbocycles. The van der Waals surface area contributed by atoms with Crippen molar-refractivity contribution in [3.05, 3.63) is 35.4 Å². The maximum atomic E-state index is 14.7. The van der Waals surface area contributed by atoms with Crippen LogP contribution in [0.2, 0.25) is 0 Å². The van der Waals surface area contributed by atoms with Gasteiger partial charge in [0.25, 0.3) is 0 Å². The molecule has 0 bridgehead atoms. The molecule has 0 fully saturated rings. The van der Waals surface area contributed by atoms with Gasteiger partial charge in [-0.15, -0.1) is 0 Å². The minimum atomic E-state index is -1.42. The first-order valence-corrected chi connectivity index (χ1v) is 6.22. The molecule has 0 saturated heterocycles. The van der Waals surface area contributed by atoms with E-state index in [0.717, 1.165) is 0 Å². The fourth-order valence-corrected chi connectivity index (χ4v) is 1.93. The van der Waals surface area contributed by atoms with Crippen molar-refractivity contribution in [2.24, 2.45) is 11.7 Å². The summed E-state index contributed by atoms with van der Waals surface area (Å²) in [5, 5.41) is 0. The summed E-state index contributed by atoms with van der Waals surface area (Å²) in [5.41, 5.74) is 6.16. The molecule has 1 atom stereocenters. The molecule has 0 aliphatic rings. The Morgan fingerprint density at radius 3 is 1.76 bits per heavy atom. The zero-order valence-electron chi connectivity index (χ0n) is 11.5. The van der Waals surface area contributed by atoms with Gasteiger partial charge in [-0.1, -0.05) is 58.9 Å². The third-order valence-corrected chi connectivity index (χ3v) is 3.44. The smallest absolute Gasteiger partial charge is 0.150 e. The van der Waals surface area contributed by atoms with Crippen LogP contribution in [0.25, 0.3) is 0 Å².